The number of ether oxygens (including phenoxy) is 1. The molecule has 0 aromatic carbocycles. The molecule has 1 rings (SSSR count). The van der Waals surface area contributed by atoms with Crippen LogP contribution in [0.1, 0.15) is 19.0 Å². The predicted octanol–water partition coefficient (Wildman–Crippen LogP) is 3.34. The number of pyridine rings is 1. The molecule has 0 saturated carbocycles. The van der Waals surface area contributed by atoms with E-state index in [4.69, 9.17) is 16.3 Å². The van der Waals surface area contributed by atoms with Crippen LogP contribution in [0, 0.1) is 0 Å². The van der Waals surface area contributed by atoms with Crippen molar-refractivity contribution >= 4 is 23.4 Å². The van der Waals surface area contributed by atoms with Crippen LogP contribution in [0.5, 0.6) is 5.88 Å². The molecule has 1 unspecified atom stereocenters. The van der Waals surface area contributed by atoms with E-state index >= 15 is 0 Å². The SMILES string of the molecule is COc1cccc(CSC(C)CCCl)n1. The summed E-state index contributed by atoms with van der Waals surface area (Å²) in [5.41, 5.74) is 1.06. The van der Waals surface area contributed by atoms with Gasteiger partial charge >= 0.3 is 0 Å². The summed E-state index contributed by atoms with van der Waals surface area (Å²) < 4.78 is 5.07. The number of hydrogen-bond acceptors (Lipinski definition) is 3. The largest absolute Gasteiger partial charge is 0.481 e. The molecule has 15 heavy (non-hydrogen) atoms. The molecule has 0 saturated heterocycles. The highest BCUT2D eigenvalue weighted by Crippen LogP contribution is 2.20. The first-order chi connectivity index (χ1) is 7.26. The molecule has 0 aliphatic carbocycles. The number of alkyl halides is 1. The van der Waals surface area contributed by atoms with Gasteiger partial charge in [0.15, 0.2) is 0 Å². The minimum atomic E-state index is 0.579. The molecule has 0 fully saturated rings. The number of methoxy groups -OCH3 is 1. The molecule has 0 aliphatic heterocycles. The maximum atomic E-state index is 5.68. The number of nitrogens with zero attached hydrogens (tertiary/aromatic N) is 1. The van der Waals surface area contributed by atoms with E-state index in [1.54, 1.807) is 7.11 Å². The fourth-order valence-electron chi connectivity index (χ4n) is 1.12. The van der Waals surface area contributed by atoms with Crippen molar-refractivity contribution in [3.63, 3.8) is 0 Å². The van der Waals surface area contributed by atoms with Crippen molar-refractivity contribution < 1.29 is 4.74 Å². The van der Waals surface area contributed by atoms with E-state index in [-0.39, 0.29) is 0 Å². The molecule has 0 amide bonds. The Bertz CT molecular complexity index is 296. The molecule has 0 N–H and O–H groups in total. The lowest BCUT2D eigenvalue weighted by molar-refractivity contribution is 0.397. The lowest BCUT2D eigenvalue weighted by Crippen LogP contribution is -1.99. The van der Waals surface area contributed by atoms with Gasteiger partial charge in [-0.3, -0.25) is 0 Å². The number of halogens is 1. The third kappa shape index (κ3) is 4.76. The molecule has 1 atom stereocenters. The van der Waals surface area contributed by atoms with Gasteiger partial charge < -0.3 is 4.74 Å². The third-order valence-electron chi connectivity index (χ3n) is 2.02. The highest BCUT2D eigenvalue weighted by atomic mass is 35.5. The van der Waals surface area contributed by atoms with E-state index in [2.05, 4.69) is 11.9 Å². The first kappa shape index (κ1) is 12.7. The molecule has 0 aliphatic rings. The van der Waals surface area contributed by atoms with E-state index in [0.29, 0.717) is 11.1 Å². The minimum Gasteiger partial charge on any atom is -0.481 e. The molecule has 0 radical (unpaired) electrons. The molecule has 2 nitrogen and oxygen atoms in total. The maximum Gasteiger partial charge on any atom is 0.213 e. The summed E-state index contributed by atoms with van der Waals surface area (Å²) >= 11 is 7.55. The molecule has 0 spiro atoms. The number of rotatable bonds is 6. The van der Waals surface area contributed by atoms with Gasteiger partial charge in [-0.25, -0.2) is 4.98 Å². The van der Waals surface area contributed by atoms with Gasteiger partial charge in [0.2, 0.25) is 5.88 Å². The Hall–Kier alpha value is -0.410. The van der Waals surface area contributed by atoms with Crippen LogP contribution < -0.4 is 4.74 Å². The molecule has 1 aromatic heterocycles. The van der Waals surface area contributed by atoms with Crippen LogP contribution in [0.2, 0.25) is 0 Å². The zero-order valence-corrected chi connectivity index (χ0v) is 10.6. The molecule has 1 aromatic rings. The summed E-state index contributed by atoms with van der Waals surface area (Å²) in [6, 6.07) is 5.84. The standard InChI is InChI=1S/C11H16ClNOS/c1-9(6-7-12)15-8-10-4-3-5-11(13-10)14-2/h3-5,9H,6-8H2,1-2H3. The Morgan fingerprint density at radius 2 is 2.33 bits per heavy atom. The highest BCUT2D eigenvalue weighted by Gasteiger charge is 2.03. The lowest BCUT2D eigenvalue weighted by atomic mass is 10.4. The smallest absolute Gasteiger partial charge is 0.213 e. The second kappa shape index (κ2) is 6.96. The van der Waals surface area contributed by atoms with Gasteiger partial charge in [0.1, 0.15) is 0 Å². The van der Waals surface area contributed by atoms with E-state index in [1.165, 1.54) is 0 Å². The van der Waals surface area contributed by atoms with Gasteiger partial charge in [0.05, 0.1) is 12.8 Å². The van der Waals surface area contributed by atoms with Crippen LogP contribution in [-0.4, -0.2) is 23.2 Å². The molecule has 4 heteroatoms. The topological polar surface area (TPSA) is 22.1 Å². The fourth-order valence-corrected chi connectivity index (χ4v) is 2.47. The predicted molar refractivity (Wildman–Crippen MR) is 66.9 cm³/mol. The first-order valence-electron chi connectivity index (χ1n) is 4.93. The van der Waals surface area contributed by atoms with Crippen LogP contribution in [0.25, 0.3) is 0 Å². The number of aromatic nitrogens is 1. The van der Waals surface area contributed by atoms with Crippen molar-refractivity contribution in [2.45, 2.75) is 24.3 Å². The van der Waals surface area contributed by atoms with E-state index in [0.717, 1.165) is 23.7 Å². The second-order valence-corrected chi connectivity index (χ2v) is 5.08. The summed E-state index contributed by atoms with van der Waals surface area (Å²) in [6.45, 7) is 2.19. The van der Waals surface area contributed by atoms with Crippen LogP contribution in [0.15, 0.2) is 18.2 Å². The summed E-state index contributed by atoms with van der Waals surface area (Å²) in [5, 5.41) is 0.579. The van der Waals surface area contributed by atoms with E-state index in [1.807, 2.05) is 30.0 Å². The van der Waals surface area contributed by atoms with Crippen LogP contribution in [0.3, 0.4) is 0 Å². The molecular formula is C11H16ClNOS. The summed E-state index contributed by atoms with van der Waals surface area (Å²) in [6.07, 6.45) is 1.04. The normalized spacial score (nSPS) is 12.5. The Morgan fingerprint density at radius 1 is 1.53 bits per heavy atom. The lowest BCUT2D eigenvalue weighted by Gasteiger charge is -2.08. The van der Waals surface area contributed by atoms with Crippen LogP contribution in [0.4, 0.5) is 0 Å². The van der Waals surface area contributed by atoms with Crippen molar-refractivity contribution in [2.75, 3.05) is 13.0 Å². The van der Waals surface area contributed by atoms with Crippen LogP contribution in [-0.2, 0) is 5.75 Å². The monoisotopic (exact) mass is 245 g/mol. The Balaban J connectivity index is 2.43. The van der Waals surface area contributed by atoms with E-state index < -0.39 is 0 Å². The number of thioether (sulfide) groups is 1. The zero-order chi connectivity index (χ0) is 11.1. The van der Waals surface area contributed by atoms with Gasteiger partial charge in [-0.15, -0.1) is 11.6 Å². The highest BCUT2D eigenvalue weighted by molar-refractivity contribution is 7.99. The van der Waals surface area contributed by atoms with Crippen molar-refractivity contribution in [2.24, 2.45) is 0 Å². The minimum absolute atomic E-state index is 0.579. The number of hydrogen-bond donors (Lipinski definition) is 0. The quantitative estimate of drug-likeness (QED) is 0.718. The fraction of sp³-hybridized carbons (Fsp3) is 0.545. The van der Waals surface area contributed by atoms with Gasteiger partial charge in [-0.05, 0) is 12.5 Å². The van der Waals surface area contributed by atoms with Crippen molar-refractivity contribution in [3.05, 3.63) is 23.9 Å². The summed E-state index contributed by atoms with van der Waals surface area (Å²) in [7, 11) is 1.63. The molecule has 0 bridgehead atoms. The summed E-state index contributed by atoms with van der Waals surface area (Å²) in [5.74, 6) is 2.31. The first-order valence-corrected chi connectivity index (χ1v) is 6.52. The zero-order valence-electron chi connectivity index (χ0n) is 9.07. The van der Waals surface area contributed by atoms with Crippen molar-refractivity contribution in [1.29, 1.82) is 0 Å². The average molecular weight is 246 g/mol. The van der Waals surface area contributed by atoms with Crippen LogP contribution >= 0.6 is 23.4 Å². The van der Waals surface area contributed by atoms with E-state index in [9.17, 15) is 0 Å². The van der Waals surface area contributed by atoms with Crippen molar-refractivity contribution in [3.8, 4) is 5.88 Å². The Labute approximate surface area is 100 Å². The maximum absolute atomic E-state index is 5.68. The van der Waals surface area contributed by atoms with Gasteiger partial charge in [-0.2, -0.15) is 11.8 Å². The second-order valence-electron chi connectivity index (χ2n) is 3.27. The van der Waals surface area contributed by atoms with Crippen molar-refractivity contribution in [1.82, 2.24) is 4.98 Å². The van der Waals surface area contributed by atoms with Gasteiger partial charge in [-0.1, -0.05) is 13.0 Å². The van der Waals surface area contributed by atoms with Gasteiger partial charge in [0, 0.05) is 22.9 Å². The Morgan fingerprint density at radius 3 is 3.00 bits per heavy atom. The molecule has 1 heterocycles. The third-order valence-corrected chi connectivity index (χ3v) is 3.51. The van der Waals surface area contributed by atoms with Gasteiger partial charge in [0.25, 0.3) is 0 Å². The summed E-state index contributed by atoms with van der Waals surface area (Å²) in [4.78, 5) is 4.35. The molecule has 84 valence electrons. The average Bonchev–Trinajstić information content (AvgIpc) is 2.27. The Kier molecular flexibility index (Phi) is 5.88. The molecular weight excluding hydrogens is 230 g/mol.